The van der Waals surface area contributed by atoms with Gasteiger partial charge in [-0.05, 0) is 19.1 Å². The number of methoxy groups -OCH3 is 2. The van der Waals surface area contributed by atoms with Crippen LogP contribution >= 0.6 is 0 Å². The van der Waals surface area contributed by atoms with Crippen molar-refractivity contribution in [3.8, 4) is 11.5 Å². The number of piperazine rings is 1. The summed E-state index contributed by atoms with van der Waals surface area (Å²) < 4.78 is 10.5. The van der Waals surface area contributed by atoms with Crippen LogP contribution in [0.3, 0.4) is 0 Å². The van der Waals surface area contributed by atoms with Crippen molar-refractivity contribution in [2.24, 2.45) is 0 Å². The molecule has 0 radical (unpaired) electrons. The second kappa shape index (κ2) is 8.55. The summed E-state index contributed by atoms with van der Waals surface area (Å²) in [5.74, 6) is 1.93. The molecule has 0 saturated carbocycles. The van der Waals surface area contributed by atoms with Crippen molar-refractivity contribution >= 4 is 23.8 Å². The van der Waals surface area contributed by atoms with Crippen molar-refractivity contribution in [2.75, 3.05) is 50.6 Å². The third-order valence-electron chi connectivity index (χ3n) is 4.50. The fraction of sp³-hybridized carbons (Fsp3) is 0.368. The predicted octanol–water partition coefficient (Wildman–Crippen LogP) is 1.33. The molecule has 1 aliphatic rings. The van der Waals surface area contributed by atoms with Crippen molar-refractivity contribution in [1.29, 1.82) is 0 Å². The van der Waals surface area contributed by atoms with Crippen LogP contribution in [0, 0.1) is 6.92 Å². The molecular formula is C19H23N5O4. The molecule has 1 aromatic carbocycles. The zero-order valence-corrected chi connectivity index (χ0v) is 16.1. The summed E-state index contributed by atoms with van der Waals surface area (Å²) in [5.41, 5.74) is 0.781. The average molecular weight is 385 g/mol. The van der Waals surface area contributed by atoms with Gasteiger partial charge in [0.1, 0.15) is 28.8 Å². The van der Waals surface area contributed by atoms with Gasteiger partial charge in [-0.1, -0.05) is 0 Å². The number of carbonyl (C=O) groups is 2. The third-order valence-corrected chi connectivity index (χ3v) is 4.50. The highest BCUT2D eigenvalue weighted by Crippen LogP contribution is 2.29. The zero-order chi connectivity index (χ0) is 20.1. The number of rotatable bonds is 6. The van der Waals surface area contributed by atoms with Gasteiger partial charge in [0.05, 0.1) is 19.9 Å². The number of amides is 2. The molecule has 0 bridgehead atoms. The van der Waals surface area contributed by atoms with E-state index in [1.54, 1.807) is 43.2 Å². The molecule has 2 heterocycles. The summed E-state index contributed by atoms with van der Waals surface area (Å²) in [4.78, 5) is 36.1. The van der Waals surface area contributed by atoms with Crippen LogP contribution in [0.5, 0.6) is 11.5 Å². The molecule has 9 heteroatoms. The Labute approximate surface area is 163 Å². The number of aryl methyl sites for hydroxylation is 1. The molecular weight excluding hydrogens is 362 g/mol. The lowest BCUT2D eigenvalue weighted by Gasteiger charge is -2.33. The van der Waals surface area contributed by atoms with E-state index in [-0.39, 0.29) is 11.6 Å². The van der Waals surface area contributed by atoms with E-state index in [1.165, 1.54) is 7.11 Å². The maximum absolute atomic E-state index is 12.8. The van der Waals surface area contributed by atoms with Crippen LogP contribution in [0.15, 0.2) is 24.3 Å². The maximum Gasteiger partial charge on any atom is 0.274 e. The summed E-state index contributed by atoms with van der Waals surface area (Å²) in [7, 11) is 3.09. The summed E-state index contributed by atoms with van der Waals surface area (Å²) in [6.07, 6.45) is 0.851. The van der Waals surface area contributed by atoms with Crippen LogP contribution in [-0.2, 0) is 4.79 Å². The first-order valence-electron chi connectivity index (χ1n) is 8.87. The van der Waals surface area contributed by atoms with Crippen LogP contribution in [0.2, 0.25) is 0 Å². The van der Waals surface area contributed by atoms with Gasteiger partial charge in [0.2, 0.25) is 6.41 Å². The molecule has 1 N–H and O–H groups in total. The highest BCUT2D eigenvalue weighted by atomic mass is 16.5. The van der Waals surface area contributed by atoms with Crippen molar-refractivity contribution < 1.29 is 19.1 Å². The Morgan fingerprint density at radius 3 is 2.50 bits per heavy atom. The second-order valence-electron chi connectivity index (χ2n) is 6.31. The SMILES string of the molecule is COc1ccc(NC(=O)c2cc(N3CCN(C=O)CC3)nc(C)n2)c(OC)c1. The van der Waals surface area contributed by atoms with Gasteiger partial charge in [-0.3, -0.25) is 9.59 Å². The summed E-state index contributed by atoms with van der Waals surface area (Å²) in [6.45, 7) is 4.30. The van der Waals surface area contributed by atoms with E-state index in [4.69, 9.17) is 9.47 Å². The Morgan fingerprint density at radius 2 is 1.86 bits per heavy atom. The summed E-state index contributed by atoms with van der Waals surface area (Å²) >= 11 is 0. The van der Waals surface area contributed by atoms with Gasteiger partial charge in [0.25, 0.3) is 5.91 Å². The second-order valence-corrected chi connectivity index (χ2v) is 6.31. The topological polar surface area (TPSA) is 96.9 Å². The number of nitrogens with zero attached hydrogens (tertiary/aromatic N) is 4. The van der Waals surface area contributed by atoms with Crippen LogP contribution in [0.1, 0.15) is 16.3 Å². The Morgan fingerprint density at radius 1 is 1.11 bits per heavy atom. The maximum atomic E-state index is 12.8. The van der Waals surface area contributed by atoms with Gasteiger partial charge < -0.3 is 24.6 Å². The van der Waals surface area contributed by atoms with Gasteiger partial charge >= 0.3 is 0 Å². The minimum atomic E-state index is -0.359. The molecule has 1 aromatic heterocycles. The minimum absolute atomic E-state index is 0.262. The first-order valence-corrected chi connectivity index (χ1v) is 8.87. The number of carbonyl (C=O) groups excluding carboxylic acids is 2. The highest BCUT2D eigenvalue weighted by Gasteiger charge is 2.20. The van der Waals surface area contributed by atoms with Crippen LogP contribution in [-0.4, -0.2) is 67.6 Å². The van der Waals surface area contributed by atoms with Gasteiger partial charge in [-0.25, -0.2) is 9.97 Å². The molecule has 1 aliphatic heterocycles. The van der Waals surface area contributed by atoms with E-state index >= 15 is 0 Å². The molecule has 9 nitrogen and oxygen atoms in total. The lowest BCUT2D eigenvalue weighted by atomic mass is 10.2. The molecule has 2 aromatic rings. The number of hydrogen-bond donors (Lipinski definition) is 1. The molecule has 0 spiro atoms. The van der Waals surface area contributed by atoms with Crippen molar-refractivity contribution in [1.82, 2.24) is 14.9 Å². The molecule has 1 saturated heterocycles. The molecule has 0 atom stereocenters. The van der Waals surface area contributed by atoms with E-state index in [0.29, 0.717) is 55.0 Å². The van der Waals surface area contributed by atoms with E-state index < -0.39 is 0 Å². The number of aromatic nitrogens is 2. The van der Waals surface area contributed by atoms with Crippen molar-refractivity contribution in [3.05, 3.63) is 35.8 Å². The normalized spacial score (nSPS) is 13.8. The molecule has 2 amide bonds. The first kappa shape index (κ1) is 19.4. The predicted molar refractivity (Wildman–Crippen MR) is 104 cm³/mol. The summed E-state index contributed by atoms with van der Waals surface area (Å²) in [5, 5.41) is 2.82. The van der Waals surface area contributed by atoms with Gasteiger partial charge in [0, 0.05) is 38.3 Å². The number of hydrogen-bond acceptors (Lipinski definition) is 7. The van der Waals surface area contributed by atoms with Crippen LogP contribution in [0.4, 0.5) is 11.5 Å². The van der Waals surface area contributed by atoms with E-state index in [2.05, 4.69) is 15.3 Å². The fourth-order valence-corrected chi connectivity index (χ4v) is 2.97. The summed E-state index contributed by atoms with van der Waals surface area (Å²) in [6, 6.07) is 6.80. The minimum Gasteiger partial charge on any atom is -0.497 e. The fourth-order valence-electron chi connectivity index (χ4n) is 2.97. The molecule has 148 valence electrons. The molecule has 0 unspecified atom stereocenters. The standard InChI is InChI=1S/C19H23N5O4/c1-13-20-16(11-18(21-13)24-8-6-23(12-25)7-9-24)19(26)22-15-5-4-14(27-2)10-17(15)28-3/h4-5,10-12H,6-9H2,1-3H3,(H,22,26). The number of nitrogens with one attached hydrogen (secondary N) is 1. The van der Waals surface area contributed by atoms with Crippen molar-refractivity contribution in [2.45, 2.75) is 6.92 Å². The van der Waals surface area contributed by atoms with Crippen LogP contribution in [0.25, 0.3) is 0 Å². The van der Waals surface area contributed by atoms with Gasteiger partial charge in [0.15, 0.2) is 0 Å². The first-order chi connectivity index (χ1) is 13.5. The van der Waals surface area contributed by atoms with Gasteiger partial charge in [-0.15, -0.1) is 0 Å². The zero-order valence-electron chi connectivity index (χ0n) is 16.1. The molecule has 1 fully saturated rings. The molecule has 3 rings (SSSR count). The van der Waals surface area contributed by atoms with E-state index in [9.17, 15) is 9.59 Å². The monoisotopic (exact) mass is 385 g/mol. The lowest BCUT2D eigenvalue weighted by Crippen LogP contribution is -2.46. The lowest BCUT2D eigenvalue weighted by molar-refractivity contribution is -0.118. The Hall–Kier alpha value is -3.36. The van der Waals surface area contributed by atoms with E-state index in [1.807, 2.05) is 4.90 Å². The Kier molecular flexibility index (Phi) is 5.93. The number of ether oxygens (including phenoxy) is 2. The average Bonchev–Trinajstić information content (AvgIpc) is 2.73. The quantitative estimate of drug-likeness (QED) is 0.750. The van der Waals surface area contributed by atoms with Crippen molar-refractivity contribution in [3.63, 3.8) is 0 Å². The smallest absolute Gasteiger partial charge is 0.274 e. The van der Waals surface area contributed by atoms with Gasteiger partial charge in [-0.2, -0.15) is 0 Å². The largest absolute Gasteiger partial charge is 0.497 e. The highest BCUT2D eigenvalue weighted by molar-refractivity contribution is 6.04. The number of anilines is 2. The Bertz CT molecular complexity index is 865. The van der Waals surface area contributed by atoms with E-state index in [0.717, 1.165) is 6.41 Å². The molecule has 28 heavy (non-hydrogen) atoms. The molecule has 0 aliphatic carbocycles. The number of benzene rings is 1. The Balaban J connectivity index is 1.79. The van der Waals surface area contributed by atoms with Crippen LogP contribution < -0.4 is 19.7 Å². The third kappa shape index (κ3) is 4.30.